The molecular weight excluding hydrogens is 404 g/mol. The highest BCUT2D eigenvalue weighted by Crippen LogP contribution is 2.45. The fraction of sp³-hybridized carbons (Fsp3) is 0.409. The van der Waals surface area contributed by atoms with Crippen molar-refractivity contribution in [3.63, 3.8) is 0 Å². The molecule has 2 aromatic heterocycles. The van der Waals surface area contributed by atoms with Gasteiger partial charge < -0.3 is 14.2 Å². The normalized spacial score (nSPS) is 17.2. The lowest BCUT2D eigenvalue weighted by molar-refractivity contribution is -0.152. The number of hydrogen-bond donors (Lipinski definition) is 0. The van der Waals surface area contributed by atoms with Crippen LogP contribution < -0.4 is 15.0 Å². The maximum atomic E-state index is 13.3. The van der Waals surface area contributed by atoms with Gasteiger partial charge in [-0.3, -0.25) is 14.0 Å². The van der Waals surface area contributed by atoms with Gasteiger partial charge in [0.25, 0.3) is 5.56 Å². The third-order valence-corrected chi connectivity index (χ3v) is 6.87. The van der Waals surface area contributed by atoms with Gasteiger partial charge in [0.2, 0.25) is 0 Å². The summed E-state index contributed by atoms with van der Waals surface area (Å²) in [6, 6.07) is 7.15. The number of nitrogens with zero attached hydrogens (tertiary/aromatic N) is 2. The van der Waals surface area contributed by atoms with Gasteiger partial charge >= 0.3 is 5.97 Å². The van der Waals surface area contributed by atoms with Crippen LogP contribution in [-0.4, -0.2) is 28.6 Å². The summed E-state index contributed by atoms with van der Waals surface area (Å²) in [7, 11) is 0. The van der Waals surface area contributed by atoms with Crippen LogP contribution in [0.1, 0.15) is 42.6 Å². The van der Waals surface area contributed by atoms with Gasteiger partial charge in [-0.15, -0.1) is 11.3 Å². The molecule has 0 atom stereocenters. The minimum atomic E-state index is -0.700. The van der Waals surface area contributed by atoms with E-state index in [1.165, 1.54) is 17.4 Å². The summed E-state index contributed by atoms with van der Waals surface area (Å²) < 4.78 is 18.6. The van der Waals surface area contributed by atoms with E-state index in [9.17, 15) is 9.59 Å². The fourth-order valence-corrected chi connectivity index (χ4v) is 5.27. The largest absolute Gasteiger partial charge is 0.486 e. The second kappa shape index (κ2) is 7.43. The lowest BCUT2D eigenvalue weighted by Crippen LogP contribution is -2.35. The van der Waals surface area contributed by atoms with Gasteiger partial charge in [0.05, 0.1) is 11.1 Å². The SMILES string of the molecule is Cc1csc2nc(COC(=O)C3(c4ccc5c(c4)OCCO5)CCCC3)cc(=O)n12. The van der Waals surface area contributed by atoms with E-state index in [1.807, 2.05) is 30.5 Å². The summed E-state index contributed by atoms with van der Waals surface area (Å²) in [5.74, 6) is 1.10. The summed E-state index contributed by atoms with van der Waals surface area (Å²) in [4.78, 5) is 30.7. The van der Waals surface area contributed by atoms with Crippen LogP contribution in [0.2, 0.25) is 0 Å². The van der Waals surface area contributed by atoms with Gasteiger partial charge in [-0.1, -0.05) is 18.9 Å². The van der Waals surface area contributed by atoms with E-state index in [0.29, 0.717) is 35.4 Å². The molecule has 0 amide bonds. The Morgan fingerprint density at radius 1 is 1.20 bits per heavy atom. The maximum Gasteiger partial charge on any atom is 0.316 e. The van der Waals surface area contributed by atoms with Crippen molar-refractivity contribution in [2.75, 3.05) is 13.2 Å². The van der Waals surface area contributed by atoms with Crippen molar-refractivity contribution in [1.29, 1.82) is 0 Å². The van der Waals surface area contributed by atoms with Crippen molar-refractivity contribution in [3.8, 4) is 11.5 Å². The summed E-state index contributed by atoms with van der Waals surface area (Å²) in [6.45, 7) is 2.87. The lowest BCUT2D eigenvalue weighted by Gasteiger charge is -2.29. The predicted octanol–water partition coefficient (Wildman–Crippen LogP) is 3.39. The Bertz CT molecular complexity index is 1180. The standard InChI is InChI=1S/C22H22N2O5S/c1-14-13-30-21-23-16(11-19(25)24(14)21)12-29-20(26)22(6-2-3-7-22)15-4-5-17-18(10-15)28-9-8-27-17/h4-5,10-11,13H,2-3,6-9,12H2,1H3. The monoisotopic (exact) mass is 426 g/mol. The van der Waals surface area contributed by atoms with Crippen LogP contribution >= 0.6 is 11.3 Å². The molecule has 1 aliphatic carbocycles. The van der Waals surface area contributed by atoms with Crippen molar-refractivity contribution in [1.82, 2.24) is 9.38 Å². The minimum Gasteiger partial charge on any atom is -0.486 e. The van der Waals surface area contributed by atoms with E-state index in [0.717, 1.165) is 36.9 Å². The molecule has 0 unspecified atom stereocenters. The molecule has 0 spiro atoms. The number of fused-ring (bicyclic) bond motifs is 2. The average Bonchev–Trinajstić information content (AvgIpc) is 3.40. The number of thiazole rings is 1. The third-order valence-electron chi connectivity index (χ3n) is 5.92. The van der Waals surface area contributed by atoms with Gasteiger partial charge in [0, 0.05) is 17.1 Å². The molecule has 1 saturated carbocycles. The molecule has 156 valence electrons. The zero-order valence-corrected chi connectivity index (χ0v) is 17.5. The predicted molar refractivity (Wildman–Crippen MR) is 111 cm³/mol. The van der Waals surface area contributed by atoms with Crippen molar-refractivity contribution in [3.05, 3.63) is 57.0 Å². The smallest absolute Gasteiger partial charge is 0.316 e. The molecule has 3 heterocycles. The second-order valence-electron chi connectivity index (χ2n) is 7.80. The Morgan fingerprint density at radius 2 is 1.97 bits per heavy atom. The second-order valence-corrected chi connectivity index (χ2v) is 8.64. The Morgan fingerprint density at radius 3 is 2.77 bits per heavy atom. The van der Waals surface area contributed by atoms with Crippen LogP contribution in [0.5, 0.6) is 11.5 Å². The fourth-order valence-electron chi connectivity index (χ4n) is 4.38. The van der Waals surface area contributed by atoms with Gasteiger partial charge in [-0.05, 0) is 37.5 Å². The highest BCUT2D eigenvalue weighted by molar-refractivity contribution is 7.15. The van der Waals surface area contributed by atoms with Crippen molar-refractivity contribution >= 4 is 22.3 Å². The van der Waals surface area contributed by atoms with Gasteiger partial charge in [0.1, 0.15) is 19.8 Å². The molecule has 0 saturated heterocycles. The number of carbonyl (C=O) groups excluding carboxylic acids is 1. The molecule has 1 aliphatic heterocycles. The van der Waals surface area contributed by atoms with Gasteiger partial charge in [-0.25, -0.2) is 4.98 Å². The Labute approximate surface area is 177 Å². The summed E-state index contributed by atoms with van der Waals surface area (Å²) in [5, 5.41) is 1.88. The number of benzene rings is 1. The van der Waals surface area contributed by atoms with Crippen LogP contribution in [0.3, 0.4) is 0 Å². The Hall–Kier alpha value is -2.87. The molecule has 3 aromatic rings. The van der Waals surface area contributed by atoms with E-state index in [1.54, 1.807) is 4.40 Å². The van der Waals surface area contributed by atoms with Crippen LogP contribution in [0.25, 0.3) is 4.96 Å². The molecule has 5 rings (SSSR count). The molecule has 7 nitrogen and oxygen atoms in total. The van der Waals surface area contributed by atoms with E-state index in [2.05, 4.69) is 4.98 Å². The zero-order chi connectivity index (χ0) is 20.7. The van der Waals surface area contributed by atoms with Gasteiger partial charge in [-0.2, -0.15) is 0 Å². The number of esters is 1. The Kier molecular flexibility index (Phi) is 4.73. The first kappa shape index (κ1) is 19.1. The number of hydrogen-bond acceptors (Lipinski definition) is 7. The van der Waals surface area contributed by atoms with Crippen molar-refractivity contribution in [2.45, 2.75) is 44.6 Å². The number of aromatic nitrogens is 2. The molecular formula is C22H22N2O5S. The highest BCUT2D eigenvalue weighted by Gasteiger charge is 2.44. The Balaban J connectivity index is 1.40. The van der Waals surface area contributed by atoms with E-state index < -0.39 is 5.41 Å². The number of carbonyl (C=O) groups is 1. The summed E-state index contributed by atoms with van der Waals surface area (Å²) in [5.41, 5.74) is 1.35. The zero-order valence-electron chi connectivity index (χ0n) is 16.7. The molecule has 1 aromatic carbocycles. The molecule has 30 heavy (non-hydrogen) atoms. The highest BCUT2D eigenvalue weighted by atomic mass is 32.1. The van der Waals surface area contributed by atoms with E-state index in [-0.39, 0.29) is 18.1 Å². The number of aryl methyl sites for hydroxylation is 1. The van der Waals surface area contributed by atoms with Crippen LogP contribution in [0, 0.1) is 6.92 Å². The number of rotatable bonds is 4. The molecule has 2 aliphatic rings. The first-order valence-corrected chi connectivity index (χ1v) is 11.0. The molecule has 1 fully saturated rings. The minimum absolute atomic E-state index is 0.0200. The quantitative estimate of drug-likeness (QED) is 0.595. The molecule has 8 heteroatoms. The average molecular weight is 426 g/mol. The van der Waals surface area contributed by atoms with E-state index >= 15 is 0 Å². The lowest BCUT2D eigenvalue weighted by atomic mass is 9.78. The van der Waals surface area contributed by atoms with Gasteiger partial charge in [0.15, 0.2) is 16.5 Å². The van der Waals surface area contributed by atoms with E-state index in [4.69, 9.17) is 14.2 Å². The molecule has 0 bridgehead atoms. The topological polar surface area (TPSA) is 79.1 Å². The van der Waals surface area contributed by atoms with Crippen LogP contribution in [0.15, 0.2) is 34.4 Å². The third kappa shape index (κ3) is 3.15. The summed E-state index contributed by atoms with van der Waals surface area (Å²) >= 11 is 1.40. The van der Waals surface area contributed by atoms with Crippen molar-refractivity contribution < 1.29 is 19.0 Å². The summed E-state index contributed by atoms with van der Waals surface area (Å²) in [6.07, 6.45) is 3.38. The first-order chi connectivity index (χ1) is 14.6. The number of ether oxygens (including phenoxy) is 3. The maximum absolute atomic E-state index is 13.3. The van der Waals surface area contributed by atoms with Crippen LogP contribution in [0.4, 0.5) is 0 Å². The molecule has 0 N–H and O–H groups in total. The van der Waals surface area contributed by atoms with Crippen molar-refractivity contribution in [2.24, 2.45) is 0 Å². The van der Waals surface area contributed by atoms with Crippen LogP contribution in [-0.2, 0) is 21.6 Å². The molecule has 0 radical (unpaired) electrons. The first-order valence-electron chi connectivity index (χ1n) is 10.1.